The molecule has 1 aliphatic rings. The van der Waals surface area contributed by atoms with Gasteiger partial charge in [0.25, 0.3) is 0 Å². The highest BCUT2D eigenvalue weighted by molar-refractivity contribution is 6.24. The Bertz CT molecular complexity index is 1230. The minimum Gasteiger partial charge on any atom is -0.476 e. The summed E-state index contributed by atoms with van der Waals surface area (Å²) in [5.74, 6) is -0.407. The molecule has 0 saturated carbocycles. The monoisotopic (exact) mass is 479 g/mol. The van der Waals surface area contributed by atoms with Gasteiger partial charge in [-0.3, -0.25) is 10.1 Å². The molecule has 174 valence electrons. The van der Waals surface area contributed by atoms with Crippen molar-refractivity contribution in [2.75, 3.05) is 0 Å². The van der Waals surface area contributed by atoms with E-state index in [1.807, 2.05) is 30.3 Å². The van der Waals surface area contributed by atoms with E-state index in [0.717, 1.165) is 5.56 Å². The van der Waals surface area contributed by atoms with Gasteiger partial charge in [-0.25, -0.2) is 4.79 Å². The van der Waals surface area contributed by atoms with Gasteiger partial charge in [0.2, 0.25) is 6.10 Å². The third kappa shape index (κ3) is 4.16. The van der Waals surface area contributed by atoms with Gasteiger partial charge in [-0.2, -0.15) is 0 Å². The van der Waals surface area contributed by atoms with Crippen molar-refractivity contribution in [2.45, 2.75) is 30.2 Å². The fourth-order valence-corrected chi connectivity index (χ4v) is 4.31. The predicted octanol–water partition coefficient (Wildman–Crippen LogP) is 5.15. The van der Waals surface area contributed by atoms with E-state index < -0.39 is 28.1 Å². The maximum Gasteiger partial charge on any atom is 0.364 e. The van der Waals surface area contributed by atoms with Crippen molar-refractivity contribution < 1.29 is 24.3 Å². The fraction of sp³-hybridized carbons (Fsp3) is 0.192. The first-order valence-electron chi connectivity index (χ1n) is 10.6. The van der Waals surface area contributed by atoms with Gasteiger partial charge in [0.1, 0.15) is 12.4 Å². The van der Waals surface area contributed by atoms with Crippen LogP contribution in [0.4, 0.5) is 0 Å². The Morgan fingerprint density at radius 3 is 2.50 bits per heavy atom. The maximum absolute atomic E-state index is 13.0. The van der Waals surface area contributed by atoms with Crippen LogP contribution in [-0.2, 0) is 17.8 Å². The number of alkyl halides is 1. The number of halogens is 1. The molecule has 8 heteroatoms. The van der Waals surface area contributed by atoms with Crippen molar-refractivity contribution in [2.24, 2.45) is 0 Å². The van der Waals surface area contributed by atoms with Crippen LogP contribution < -0.4 is 4.74 Å². The average Bonchev–Trinajstić information content (AvgIpc) is 2.85. The standard InChI is InChI=1S/C26H22ClNO6/c1-2-9-18-12-8-15-21-22(18)34-24(26(27,23(21)29)28(31)32)19-13-6-7-14-20(19)25(30)33-16-17-10-4-3-5-11-17/h2-8,10-15,23-24,29H,1,9,16H2/t23-,24-,26+/m0/s1. The SMILES string of the molecule is C=CCc1cccc2c1O[C@@H](c1ccccc1C(=O)OCc1ccccc1)[C@](Cl)([N+](=O)[O-])[C@H]2O. The molecule has 0 fully saturated rings. The number of carbonyl (C=O) groups excluding carboxylic acids is 1. The van der Waals surface area contributed by atoms with Crippen LogP contribution in [0, 0.1) is 10.1 Å². The van der Waals surface area contributed by atoms with E-state index in [2.05, 4.69) is 6.58 Å². The zero-order chi connectivity index (χ0) is 24.3. The Kier molecular flexibility index (Phi) is 6.68. The van der Waals surface area contributed by atoms with Gasteiger partial charge in [0, 0.05) is 11.1 Å². The first kappa shape index (κ1) is 23.5. The summed E-state index contributed by atoms with van der Waals surface area (Å²) in [5, 5.41) is 23.2. The van der Waals surface area contributed by atoms with Crippen LogP contribution in [0.3, 0.4) is 0 Å². The molecule has 3 aromatic carbocycles. The Morgan fingerprint density at radius 2 is 1.79 bits per heavy atom. The molecule has 0 bridgehead atoms. The highest BCUT2D eigenvalue weighted by atomic mass is 35.5. The molecule has 3 atom stereocenters. The van der Waals surface area contributed by atoms with E-state index in [0.29, 0.717) is 12.0 Å². The quantitative estimate of drug-likeness (QED) is 0.126. The molecule has 0 saturated heterocycles. The second kappa shape index (κ2) is 9.67. The molecule has 7 nitrogen and oxygen atoms in total. The van der Waals surface area contributed by atoms with Crippen LogP contribution >= 0.6 is 11.6 Å². The number of hydrogen-bond acceptors (Lipinski definition) is 6. The van der Waals surface area contributed by atoms with Crippen LogP contribution in [-0.4, -0.2) is 21.0 Å². The number of carbonyl (C=O) groups is 1. The number of hydrogen-bond donors (Lipinski definition) is 1. The number of nitrogens with zero attached hydrogens (tertiary/aromatic N) is 1. The molecular formula is C26H22ClNO6. The smallest absolute Gasteiger partial charge is 0.364 e. The number of nitro groups is 1. The van der Waals surface area contributed by atoms with Crippen molar-refractivity contribution in [3.8, 4) is 5.75 Å². The summed E-state index contributed by atoms with van der Waals surface area (Å²) >= 11 is 6.52. The first-order valence-corrected chi connectivity index (χ1v) is 11.0. The molecule has 0 amide bonds. The minimum atomic E-state index is -2.48. The summed E-state index contributed by atoms with van der Waals surface area (Å²) in [6.07, 6.45) is -1.10. The lowest BCUT2D eigenvalue weighted by molar-refractivity contribution is -0.570. The molecule has 0 unspecified atom stereocenters. The third-order valence-corrected chi connectivity index (χ3v) is 6.27. The van der Waals surface area contributed by atoms with Crippen molar-refractivity contribution >= 4 is 17.6 Å². The number of ether oxygens (including phenoxy) is 2. The number of aliphatic hydroxyl groups is 1. The number of allylic oxidation sites excluding steroid dienone is 1. The summed E-state index contributed by atoms with van der Waals surface area (Å²) in [6.45, 7) is 3.75. The minimum absolute atomic E-state index is 0.0235. The normalized spacial score (nSPS) is 21.1. The van der Waals surface area contributed by atoms with E-state index in [1.165, 1.54) is 18.2 Å². The Balaban J connectivity index is 1.76. The molecule has 34 heavy (non-hydrogen) atoms. The molecule has 1 heterocycles. The lowest BCUT2D eigenvalue weighted by Gasteiger charge is -2.38. The summed E-state index contributed by atoms with van der Waals surface area (Å²) < 4.78 is 11.6. The molecule has 0 spiro atoms. The maximum atomic E-state index is 13.0. The molecule has 3 aromatic rings. The van der Waals surface area contributed by atoms with Crippen LogP contribution in [0.15, 0.2) is 85.5 Å². The first-order chi connectivity index (χ1) is 16.4. The molecular weight excluding hydrogens is 458 g/mol. The Labute approximate surface area is 201 Å². The van der Waals surface area contributed by atoms with Crippen LogP contribution in [0.25, 0.3) is 0 Å². The van der Waals surface area contributed by atoms with Gasteiger partial charge in [-0.1, -0.05) is 72.8 Å². The average molecular weight is 480 g/mol. The Morgan fingerprint density at radius 1 is 1.12 bits per heavy atom. The lowest BCUT2D eigenvalue weighted by Crippen LogP contribution is -2.50. The zero-order valence-electron chi connectivity index (χ0n) is 18.1. The molecule has 4 rings (SSSR count). The highest BCUT2D eigenvalue weighted by Gasteiger charge is 2.62. The number of aliphatic hydroxyl groups excluding tert-OH is 1. The van der Waals surface area contributed by atoms with Crippen molar-refractivity contribution in [3.05, 3.63) is 123 Å². The summed E-state index contributed by atoms with van der Waals surface area (Å²) in [5.41, 5.74) is 1.88. The summed E-state index contributed by atoms with van der Waals surface area (Å²) in [7, 11) is 0. The number of esters is 1. The second-order valence-electron chi connectivity index (χ2n) is 7.86. The third-order valence-electron chi connectivity index (χ3n) is 5.73. The number of benzene rings is 3. The van der Waals surface area contributed by atoms with Crippen molar-refractivity contribution in [1.82, 2.24) is 0 Å². The zero-order valence-corrected chi connectivity index (χ0v) is 18.9. The van der Waals surface area contributed by atoms with Gasteiger partial charge in [-0.15, -0.1) is 6.58 Å². The van der Waals surface area contributed by atoms with Gasteiger partial charge < -0.3 is 14.6 Å². The number of para-hydroxylation sites is 1. The number of fused-ring (bicyclic) bond motifs is 1. The summed E-state index contributed by atoms with van der Waals surface area (Å²) in [4.78, 5) is 21.9. The van der Waals surface area contributed by atoms with Crippen molar-refractivity contribution in [1.29, 1.82) is 0 Å². The molecule has 0 aliphatic carbocycles. The van der Waals surface area contributed by atoms with Crippen molar-refractivity contribution in [3.63, 3.8) is 0 Å². The predicted molar refractivity (Wildman–Crippen MR) is 126 cm³/mol. The second-order valence-corrected chi connectivity index (χ2v) is 8.47. The van der Waals surface area contributed by atoms with E-state index in [-0.39, 0.29) is 29.0 Å². The lowest BCUT2D eigenvalue weighted by atomic mass is 9.86. The topological polar surface area (TPSA) is 98.9 Å². The largest absolute Gasteiger partial charge is 0.476 e. The van der Waals surface area contributed by atoms with Gasteiger partial charge >= 0.3 is 11.0 Å². The molecule has 1 aliphatic heterocycles. The summed E-state index contributed by atoms with van der Waals surface area (Å²) in [6, 6.07) is 20.3. The Hall–Kier alpha value is -3.68. The van der Waals surface area contributed by atoms with E-state index in [4.69, 9.17) is 21.1 Å². The van der Waals surface area contributed by atoms with Crippen LogP contribution in [0.5, 0.6) is 5.75 Å². The molecule has 0 radical (unpaired) electrons. The highest BCUT2D eigenvalue weighted by Crippen LogP contribution is 2.53. The van der Waals surface area contributed by atoms with Gasteiger partial charge in [-0.05, 0) is 35.2 Å². The van der Waals surface area contributed by atoms with Crippen LogP contribution in [0.2, 0.25) is 0 Å². The molecule has 0 aromatic heterocycles. The van der Waals surface area contributed by atoms with Gasteiger partial charge in [0.05, 0.1) is 10.5 Å². The van der Waals surface area contributed by atoms with E-state index >= 15 is 0 Å². The van der Waals surface area contributed by atoms with Gasteiger partial charge in [0.15, 0.2) is 6.10 Å². The van der Waals surface area contributed by atoms with Crippen LogP contribution in [0.1, 0.15) is 44.8 Å². The van der Waals surface area contributed by atoms with E-state index in [9.17, 15) is 20.0 Å². The number of rotatable bonds is 7. The molecule has 1 N–H and O–H groups in total. The van der Waals surface area contributed by atoms with E-state index in [1.54, 1.807) is 30.3 Å². The fourth-order valence-electron chi connectivity index (χ4n) is 4.03.